The van der Waals surface area contributed by atoms with Crippen LogP contribution in [0.25, 0.3) is 0 Å². The number of aromatic nitrogens is 1. The highest BCUT2D eigenvalue weighted by Gasteiger charge is 2.23. The topological polar surface area (TPSA) is 112 Å². The second-order valence-corrected chi connectivity index (χ2v) is 11.8. The zero-order valence-electron chi connectivity index (χ0n) is 24.6. The highest BCUT2D eigenvalue weighted by Crippen LogP contribution is 2.34. The highest BCUT2D eigenvalue weighted by molar-refractivity contribution is 5.85. The Morgan fingerprint density at radius 3 is 2.51 bits per heavy atom. The van der Waals surface area contributed by atoms with Crippen LogP contribution in [0.3, 0.4) is 0 Å². The molecule has 2 rings (SSSR count). The van der Waals surface area contributed by atoms with Gasteiger partial charge in [0.05, 0.1) is 0 Å². The third-order valence-electron chi connectivity index (χ3n) is 7.12. The second kappa shape index (κ2) is 16.7. The first-order valence-corrected chi connectivity index (χ1v) is 14.1. The molecule has 1 aromatic carbocycles. The van der Waals surface area contributed by atoms with Crippen LogP contribution in [0.1, 0.15) is 90.5 Å². The quantitative estimate of drug-likeness (QED) is 0.156. The van der Waals surface area contributed by atoms with Gasteiger partial charge in [-0.2, -0.15) is 4.73 Å². The molecule has 4 N–H and O–H groups in total. The first-order valence-electron chi connectivity index (χ1n) is 14.1. The number of unbranched alkanes of at least 4 members (excludes halogenated alkanes) is 1. The zero-order chi connectivity index (χ0) is 28.3. The first kappa shape index (κ1) is 34.7. The molecule has 0 aliphatic heterocycles. The predicted octanol–water partition coefficient (Wildman–Crippen LogP) is 5.21. The Hall–Kier alpha value is -2.35. The fraction of sp³-hybridized carbons (Fsp3) is 0.613. The van der Waals surface area contributed by atoms with Crippen LogP contribution in [0.2, 0.25) is 0 Å². The van der Waals surface area contributed by atoms with Crippen LogP contribution in [0.4, 0.5) is 0 Å². The van der Waals surface area contributed by atoms with Crippen molar-refractivity contribution in [3.8, 4) is 5.75 Å². The van der Waals surface area contributed by atoms with Crippen LogP contribution in [0, 0.1) is 17.0 Å². The van der Waals surface area contributed by atoms with Gasteiger partial charge in [0.25, 0.3) is 0 Å². The lowest BCUT2D eigenvalue weighted by Gasteiger charge is -2.27. The van der Waals surface area contributed by atoms with Crippen LogP contribution in [-0.2, 0) is 23.2 Å². The second-order valence-electron chi connectivity index (χ2n) is 11.8. The minimum absolute atomic E-state index is 0. The maximum absolute atomic E-state index is 12.1. The summed E-state index contributed by atoms with van der Waals surface area (Å²) in [6.45, 7) is 13.7. The van der Waals surface area contributed by atoms with Crippen molar-refractivity contribution in [2.75, 3.05) is 6.54 Å². The Bertz CT molecular complexity index is 1010. The molecule has 0 spiro atoms. The van der Waals surface area contributed by atoms with Crippen LogP contribution in [-0.4, -0.2) is 29.7 Å². The van der Waals surface area contributed by atoms with Crippen molar-refractivity contribution in [3.63, 3.8) is 0 Å². The SMILES string of the molecule is CCCCNC(=O)[C@@H](O)CC[C@H](N)C[C@H](Cc1ccc(C(C)(C)C)c(OCc2cccc[n+]2[O-])c1)C(C)C.Cl. The van der Waals surface area contributed by atoms with Gasteiger partial charge in [0.2, 0.25) is 11.6 Å². The standard InChI is InChI=1S/C31H49N3O4.ClH/c1-7-8-16-33-30(36)28(35)15-13-25(32)20-24(22(2)3)18-23-12-14-27(31(4,5)6)29(19-23)38-21-26-11-9-10-17-34(26)37;/h9-12,14,17,19,22,24-25,28,35H,7-8,13,15-16,18,20-21,32H2,1-6H3,(H,33,36);1H/t24-,25-,28-;/m0./s1. The van der Waals surface area contributed by atoms with Crippen LogP contribution in [0.15, 0.2) is 42.6 Å². The van der Waals surface area contributed by atoms with Gasteiger partial charge in [-0.25, -0.2) is 0 Å². The minimum atomic E-state index is -1.02. The largest absolute Gasteiger partial charge is 0.618 e. The molecule has 0 aliphatic rings. The lowest BCUT2D eigenvalue weighted by Crippen LogP contribution is -2.36. The number of pyridine rings is 1. The van der Waals surface area contributed by atoms with Crippen LogP contribution < -0.4 is 20.5 Å². The number of carbonyl (C=O) groups is 1. The fourth-order valence-corrected chi connectivity index (χ4v) is 4.57. The number of aliphatic hydroxyl groups is 1. The molecular formula is C31H50ClN3O4. The van der Waals surface area contributed by atoms with Crippen LogP contribution >= 0.6 is 12.4 Å². The number of carbonyl (C=O) groups excluding carboxylic acids is 1. The number of benzene rings is 1. The number of nitrogens with zero attached hydrogens (tertiary/aromatic N) is 1. The predicted molar refractivity (Wildman–Crippen MR) is 160 cm³/mol. The molecule has 0 bridgehead atoms. The number of nitrogens with two attached hydrogens (primary N) is 1. The molecule has 39 heavy (non-hydrogen) atoms. The van der Waals surface area contributed by atoms with E-state index in [4.69, 9.17) is 10.5 Å². The molecule has 8 heteroatoms. The van der Waals surface area contributed by atoms with Gasteiger partial charge in [0.1, 0.15) is 11.9 Å². The molecule has 0 aliphatic carbocycles. The third-order valence-corrected chi connectivity index (χ3v) is 7.12. The molecule has 1 amide bonds. The average molecular weight is 564 g/mol. The van der Waals surface area contributed by atoms with Crippen molar-refractivity contribution < 1.29 is 19.4 Å². The van der Waals surface area contributed by atoms with E-state index in [-0.39, 0.29) is 36.4 Å². The Kier molecular flexibility index (Phi) is 14.8. The Balaban J connectivity index is 0.00000760. The van der Waals surface area contributed by atoms with Gasteiger partial charge in [-0.15, -0.1) is 12.4 Å². The van der Waals surface area contributed by atoms with E-state index in [2.05, 4.69) is 65.1 Å². The molecule has 1 heterocycles. The lowest BCUT2D eigenvalue weighted by molar-refractivity contribution is -0.616. The van der Waals surface area contributed by atoms with Gasteiger partial charge in [-0.05, 0) is 72.6 Å². The van der Waals surface area contributed by atoms with Gasteiger partial charge in [0, 0.05) is 24.7 Å². The summed E-state index contributed by atoms with van der Waals surface area (Å²) in [4.78, 5) is 12.1. The summed E-state index contributed by atoms with van der Waals surface area (Å²) in [5.74, 6) is 1.24. The average Bonchev–Trinajstić information content (AvgIpc) is 2.85. The first-order chi connectivity index (χ1) is 17.9. The monoisotopic (exact) mass is 563 g/mol. The van der Waals surface area contributed by atoms with Gasteiger partial charge < -0.3 is 26.1 Å². The van der Waals surface area contributed by atoms with Gasteiger partial charge in [-0.3, -0.25) is 4.79 Å². The number of ether oxygens (including phenoxy) is 1. The minimum Gasteiger partial charge on any atom is -0.618 e. The van der Waals surface area contributed by atoms with E-state index in [1.165, 1.54) is 6.20 Å². The maximum atomic E-state index is 12.1. The van der Waals surface area contributed by atoms with E-state index in [9.17, 15) is 15.1 Å². The van der Waals surface area contributed by atoms with Crippen LogP contribution in [0.5, 0.6) is 5.75 Å². The molecule has 220 valence electrons. The Labute approximate surface area is 241 Å². The number of rotatable bonds is 15. The fourth-order valence-electron chi connectivity index (χ4n) is 4.57. The van der Waals surface area contributed by atoms with E-state index in [0.717, 1.165) is 47.3 Å². The summed E-state index contributed by atoms with van der Waals surface area (Å²) < 4.78 is 7.04. The molecule has 1 aromatic heterocycles. The molecule has 0 unspecified atom stereocenters. The summed E-state index contributed by atoms with van der Waals surface area (Å²) >= 11 is 0. The molecule has 0 radical (unpaired) electrons. The van der Waals surface area contributed by atoms with Crippen molar-refractivity contribution >= 4 is 18.3 Å². The third kappa shape index (κ3) is 11.7. The van der Waals surface area contributed by atoms with E-state index < -0.39 is 6.10 Å². The van der Waals surface area contributed by atoms with E-state index in [0.29, 0.717) is 36.9 Å². The van der Waals surface area contributed by atoms with E-state index in [1.807, 2.05) is 6.07 Å². The molecule has 0 saturated carbocycles. The Morgan fingerprint density at radius 2 is 1.90 bits per heavy atom. The Morgan fingerprint density at radius 1 is 1.18 bits per heavy atom. The summed E-state index contributed by atoms with van der Waals surface area (Å²) in [5.41, 5.74) is 9.18. The number of amides is 1. The number of halogens is 1. The molecule has 7 nitrogen and oxygen atoms in total. The molecular weight excluding hydrogens is 514 g/mol. The van der Waals surface area contributed by atoms with Crippen molar-refractivity contribution in [2.24, 2.45) is 17.6 Å². The normalized spacial score (nSPS) is 13.9. The van der Waals surface area contributed by atoms with Gasteiger partial charge in [0.15, 0.2) is 12.8 Å². The number of hydrogen-bond acceptors (Lipinski definition) is 5. The number of aliphatic hydroxyl groups excluding tert-OH is 1. The smallest absolute Gasteiger partial charge is 0.248 e. The highest BCUT2D eigenvalue weighted by atomic mass is 35.5. The summed E-state index contributed by atoms with van der Waals surface area (Å²) in [5, 5.41) is 25.1. The molecule has 3 atom stereocenters. The maximum Gasteiger partial charge on any atom is 0.248 e. The zero-order valence-corrected chi connectivity index (χ0v) is 25.4. The molecule has 2 aromatic rings. The molecule has 0 saturated heterocycles. The molecule has 0 fully saturated rings. The van der Waals surface area contributed by atoms with E-state index in [1.54, 1.807) is 12.1 Å². The summed E-state index contributed by atoms with van der Waals surface area (Å²) in [6.07, 6.45) is 4.97. The van der Waals surface area contributed by atoms with Gasteiger partial charge in [-0.1, -0.05) is 60.1 Å². The van der Waals surface area contributed by atoms with Crippen molar-refractivity contribution in [1.82, 2.24) is 5.32 Å². The summed E-state index contributed by atoms with van der Waals surface area (Å²) in [6, 6.07) is 11.6. The lowest BCUT2D eigenvalue weighted by atomic mass is 9.81. The summed E-state index contributed by atoms with van der Waals surface area (Å²) in [7, 11) is 0. The van der Waals surface area contributed by atoms with Crippen molar-refractivity contribution in [3.05, 3.63) is 64.6 Å². The van der Waals surface area contributed by atoms with Crippen molar-refractivity contribution in [2.45, 2.75) is 104 Å². The van der Waals surface area contributed by atoms with E-state index >= 15 is 0 Å². The number of nitrogens with one attached hydrogen (secondary N) is 1. The van der Waals surface area contributed by atoms with Gasteiger partial charge >= 0.3 is 0 Å². The van der Waals surface area contributed by atoms with Crippen molar-refractivity contribution in [1.29, 1.82) is 0 Å². The number of hydrogen-bond donors (Lipinski definition) is 3.